The number of carbonyl (C=O) groups excluding carboxylic acids is 2. The van der Waals surface area contributed by atoms with E-state index in [-0.39, 0.29) is 17.9 Å². The highest BCUT2D eigenvalue weighted by atomic mass is 35.5. The number of aliphatic hydroxyl groups is 2. The highest BCUT2D eigenvalue weighted by Gasteiger charge is 2.47. The number of methoxy groups -OCH3 is 2. The fourth-order valence-corrected chi connectivity index (χ4v) is 4.85. The smallest absolute Gasteiger partial charge is 0.409 e. The summed E-state index contributed by atoms with van der Waals surface area (Å²) in [5, 5.41) is 25.1. The summed E-state index contributed by atoms with van der Waals surface area (Å²) in [5.41, 5.74) is -1.04. The molecule has 38 heavy (non-hydrogen) atoms. The van der Waals surface area contributed by atoms with Gasteiger partial charge in [-0.3, -0.25) is 10.1 Å². The molecule has 1 fully saturated rings. The number of aliphatic hydroxyl groups excluding tert-OH is 1. The molecule has 3 N–H and O–H groups in total. The number of halogens is 1. The summed E-state index contributed by atoms with van der Waals surface area (Å²) in [4.78, 5) is 27.0. The fraction of sp³-hybridized carbons (Fsp3) is 0.556. The molecule has 1 aromatic rings. The zero-order valence-electron chi connectivity index (χ0n) is 22.8. The van der Waals surface area contributed by atoms with E-state index in [2.05, 4.69) is 5.32 Å². The van der Waals surface area contributed by atoms with Crippen molar-refractivity contribution in [3.63, 3.8) is 0 Å². The Morgan fingerprint density at radius 2 is 1.92 bits per heavy atom. The molecule has 2 heterocycles. The van der Waals surface area contributed by atoms with Crippen LogP contribution in [0.3, 0.4) is 0 Å². The van der Waals surface area contributed by atoms with Gasteiger partial charge in [-0.05, 0) is 51.0 Å². The Morgan fingerprint density at radius 3 is 2.55 bits per heavy atom. The molecule has 0 saturated carbocycles. The van der Waals surface area contributed by atoms with Crippen LogP contribution in [0.5, 0.6) is 5.75 Å². The summed E-state index contributed by atoms with van der Waals surface area (Å²) in [7, 11) is 4.48. The van der Waals surface area contributed by atoms with Crippen LogP contribution >= 0.6 is 11.6 Å². The summed E-state index contributed by atoms with van der Waals surface area (Å²) < 4.78 is 22.5. The average molecular weight is 553 g/mol. The first-order chi connectivity index (χ1) is 17.7. The van der Waals surface area contributed by atoms with E-state index in [1.165, 1.54) is 19.1 Å². The Morgan fingerprint density at radius 1 is 1.24 bits per heavy atom. The van der Waals surface area contributed by atoms with E-state index >= 15 is 0 Å². The van der Waals surface area contributed by atoms with Gasteiger partial charge in [0.05, 0.1) is 37.0 Å². The molecule has 10 nitrogen and oxygen atoms in total. The first-order valence-electron chi connectivity index (χ1n) is 12.3. The molecule has 0 aliphatic carbocycles. The molecule has 210 valence electrons. The number of amides is 2. The monoisotopic (exact) mass is 552 g/mol. The third-order valence-electron chi connectivity index (χ3n) is 7.06. The lowest BCUT2D eigenvalue weighted by Crippen LogP contribution is -2.64. The SMILES string of the molecule is COc1cc2cc(c1Cl)N(C)C(=O)C[C@H](O)C(C)(C)O[C@H](C)[C@@H]1C[C@@](O)(NC(=O)O1)[C@H](OC)/C=C/C=C/2C. The van der Waals surface area contributed by atoms with E-state index in [4.69, 9.17) is 30.5 Å². The lowest BCUT2D eigenvalue weighted by Gasteiger charge is -2.43. The zero-order valence-corrected chi connectivity index (χ0v) is 23.5. The standard InChI is InChI=1S/C27H37ClN2O8/c1-15-9-8-10-22(36-7)27(34)14-20(37-25(33)29-27)16(2)38-26(3,4)21(31)13-23(32)30(5)18-11-17(15)12-19(35-6)24(18)28/h8-12,16,20-22,31,34H,13-14H2,1-7H3,(H,29,33)/b10-8+,15-9+/t16-,20+,21+,22-,27+/m1/s1. The molecule has 3 rings (SSSR count). The van der Waals surface area contributed by atoms with Crippen molar-refractivity contribution >= 4 is 34.9 Å². The number of ether oxygens (including phenoxy) is 4. The molecule has 4 bridgehead atoms. The fourth-order valence-electron chi connectivity index (χ4n) is 4.54. The van der Waals surface area contributed by atoms with Crippen LogP contribution in [0.1, 0.15) is 46.1 Å². The second-order valence-electron chi connectivity index (χ2n) is 10.2. The molecule has 2 aliphatic heterocycles. The average Bonchev–Trinajstić information content (AvgIpc) is 2.84. The number of alkyl carbamates (subject to hydrolysis) is 1. The lowest BCUT2D eigenvalue weighted by molar-refractivity contribution is -0.191. The number of carbonyl (C=O) groups is 2. The van der Waals surface area contributed by atoms with Gasteiger partial charge in [-0.15, -0.1) is 0 Å². The van der Waals surface area contributed by atoms with Crippen molar-refractivity contribution in [2.75, 3.05) is 26.2 Å². The molecule has 0 spiro atoms. The van der Waals surface area contributed by atoms with E-state index in [0.717, 1.165) is 11.1 Å². The van der Waals surface area contributed by atoms with Gasteiger partial charge in [0.1, 0.15) is 23.0 Å². The minimum absolute atomic E-state index is 0.0446. The highest BCUT2D eigenvalue weighted by molar-refractivity contribution is 6.35. The van der Waals surface area contributed by atoms with Crippen molar-refractivity contribution in [1.82, 2.24) is 5.32 Å². The minimum atomic E-state index is -1.78. The van der Waals surface area contributed by atoms with Gasteiger partial charge in [0.2, 0.25) is 5.91 Å². The van der Waals surface area contributed by atoms with Crippen molar-refractivity contribution in [2.24, 2.45) is 0 Å². The summed E-state index contributed by atoms with van der Waals surface area (Å²) in [5.74, 6) is -0.0146. The van der Waals surface area contributed by atoms with E-state index in [0.29, 0.717) is 11.4 Å². The lowest BCUT2D eigenvalue weighted by atomic mass is 9.93. The topological polar surface area (TPSA) is 127 Å². The van der Waals surface area contributed by atoms with Gasteiger partial charge in [-0.2, -0.15) is 0 Å². The number of benzene rings is 1. The minimum Gasteiger partial charge on any atom is -0.495 e. The van der Waals surface area contributed by atoms with Crippen molar-refractivity contribution in [3.05, 3.63) is 40.9 Å². The van der Waals surface area contributed by atoms with Crippen molar-refractivity contribution < 1.29 is 38.7 Å². The van der Waals surface area contributed by atoms with Crippen LogP contribution in [0.25, 0.3) is 5.57 Å². The molecular formula is C27H37ClN2O8. The van der Waals surface area contributed by atoms with Crippen LogP contribution in [0.2, 0.25) is 5.02 Å². The van der Waals surface area contributed by atoms with Gasteiger partial charge in [-0.1, -0.05) is 29.8 Å². The van der Waals surface area contributed by atoms with Crippen molar-refractivity contribution in [2.45, 2.75) is 76.3 Å². The number of anilines is 1. The Hall–Kier alpha value is -2.63. The Labute approximate surface area is 228 Å². The van der Waals surface area contributed by atoms with Gasteiger partial charge < -0.3 is 34.1 Å². The van der Waals surface area contributed by atoms with Gasteiger partial charge in [0, 0.05) is 20.6 Å². The predicted molar refractivity (Wildman–Crippen MR) is 143 cm³/mol. The maximum Gasteiger partial charge on any atom is 0.409 e. The molecule has 11 heteroatoms. The number of fused-ring (bicyclic) bond motifs is 4. The third-order valence-corrected chi connectivity index (χ3v) is 7.44. The predicted octanol–water partition coefficient (Wildman–Crippen LogP) is 3.42. The molecule has 5 atom stereocenters. The summed E-state index contributed by atoms with van der Waals surface area (Å²) >= 11 is 6.56. The Bertz CT molecular complexity index is 1120. The second-order valence-corrected chi connectivity index (χ2v) is 10.6. The highest BCUT2D eigenvalue weighted by Crippen LogP contribution is 2.38. The zero-order chi connectivity index (χ0) is 28.4. The van der Waals surface area contributed by atoms with Gasteiger partial charge in [-0.25, -0.2) is 4.79 Å². The first kappa shape index (κ1) is 29.9. The number of hydrogen-bond donors (Lipinski definition) is 3. The van der Waals surface area contributed by atoms with Crippen LogP contribution in [-0.2, 0) is 19.0 Å². The molecular weight excluding hydrogens is 516 g/mol. The number of allylic oxidation sites excluding steroid dienone is 3. The first-order valence-corrected chi connectivity index (χ1v) is 12.7. The molecule has 0 radical (unpaired) electrons. The summed E-state index contributed by atoms with van der Waals surface area (Å²) in [6, 6.07) is 3.51. The summed E-state index contributed by atoms with van der Waals surface area (Å²) in [6.07, 6.45) is 0.273. The molecule has 1 saturated heterocycles. The van der Waals surface area contributed by atoms with Gasteiger partial charge in [0.25, 0.3) is 0 Å². The molecule has 2 amide bonds. The van der Waals surface area contributed by atoms with Crippen LogP contribution in [0.15, 0.2) is 30.4 Å². The van der Waals surface area contributed by atoms with Crippen molar-refractivity contribution in [3.8, 4) is 5.75 Å². The normalized spacial score (nSPS) is 32.7. The molecule has 2 aliphatic rings. The van der Waals surface area contributed by atoms with Gasteiger partial charge in [0.15, 0.2) is 5.72 Å². The van der Waals surface area contributed by atoms with Crippen LogP contribution in [0, 0.1) is 0 Å². The molecule has 1 aromatic carbocycles. The molecule has 0 aromatic heterocycles. The van der Waals surface area contributed by atoms with E-state index in [1.54, 1.807) is 58.2 Å². The van der Waals surface area contributed by atoms with E-state index in [1.807, 2.05) is 6.92 Å². The van der Waals surface area contributed by atoms with Crippen LogP contribution in [-0.4, -0.2) is 79.2 Å². The van der Waals surface area contributed by atoms with Gasteiger partial charge >= 0.3 is 6.09 Å². The van der Waals surface area contributed by atoms with Crippen molar-refractivity contribution in [1.29, 1.82) is 0 Å². The van der Waals surface area contributed by atoms with E-state index in [9.17, 15) is 19.8 Å². The number of rotatable bonds is 2. The Balaban J connectivity index is 2.13. The van der Waals surface area contributed by atoms with Crippen LogP contribution in [0.4, 0.5) is 10.5 Å². The third kappa shape index (κ3) is 6.32. The largest absolute Gasteiger partial charge is 0.495 e. The second kappa shape index (κ2) is 11.6. The maximum absolute atomic E-state index is 13.2. The molecule has 0 unspecified atom stereocenters. The number of hydrogen-bond acceptors (Lipinski definition) is 8. The number of nitrogens with one attached hydrogen (secondary N) is 1. The Kier molecular flexibility index (Phi) is 9.16. The maximum atomic E-state index is 13.2. The van der Waals surface area contributed by atoms with Crippen LogP contribution < -0.4 is 15.0 Å². The summed E-state index contributed by atoms with van der Waals surface area (Å²) in [6.45, 7) is 6.82. The quantitative estimate of drug-likeness (QED) is 0.509. The number of nitrogens with zero attached hydrogens (tertiary/aromatic N) is 1. The van der Waals surface area contributed by atoms with E-state index < -0.39 is 47.7 Å².